The Hall–Kier alpha value is -7.74. The summed E-state index contributed by atoms with van der Waals surface area (Å²) in [6, 6.07) is 76.1. The summed E-state index contributed by atoms with van der Waals surface area (Å²) in [4.78, 5) is 0. The summed E-state index contributed by atoms with van der Waals surface area (Å²) >= 11 is 0. The van der Waals surface area contributed by atoms with Gasteiger partial charge in [0.1, 0.15) is 11.5 Å². The zero-order chi connectivity index (χ0) is 41.1. The van der Waals surface area contributed by atoms with E-state index < -0.39 is 0 Å². The summed E-state index contributed by atoms with van der Waals surface area (Å²) in [5, 5.41) is 10.0. The third kappa shape index (κ3) is 5.03. The van der Waals surface area contributed by atoms with Gasteiger partial charge in [0.15, 0.2) is 0 Å². The molecule has 290 valence electrons. The van der Waals surface area contributed by atoms with Crippen molar-refractivity contribution in [3.05, 3.63) is 217 Å². The van der Waals surface area contributed by atoms with Crippen molar-refractivity contribution in [2.24, 2.45) is 0 Å². The smallest absolute Gasteiger partial charge is 0.135 e. The van der Waals surface area contributed by atoms with Crippen LogP contribution < -0.4 is 4.74 Å². The summed E-state index contributed by atoms with van der Waals surface area (Å²) in [6.45, 7) is 4.81. The molecule has 2 aliphatic rings. The third-order valence-electron chi connectivity index (χ3n) is 13.9. The van der Waals surface area contributed by atoms with Gasteiger partial charge >= 0.3 is 0 Å². The largest absolute Gasteiger partial charge is 0.456 e. The minimum atomic E-state index is -0.221. The Bertz CT molecular complexity index is 3670. The predicted molar refractivity (Wildman–Crippen MR) is 261 cm³/mol. The van der Waals surface area contributed by atoms with Crippen LogP contribution in [0.2, 0.25) is 0 Å². The van der Waals surface area contributed by atoms with Crippen LogP contribution in [0, 0.1) is 0 Å². The highest BCUT2D eigenvalue weighted by molar-refractivity contribution is 6.28. The fraction of sp³-hybridized carbons (Fsp3) is 0.0492. The zero-order valence-corrected chi connectivity index (χ0v) is 34.5. The monoisotopic (exact) mass is 788 g/mol. The summed E-state index contributed by atoms with van der Waals surface area (Å²) in [7, 11) is 0. The Kier molecular flexibility index (Phi) is 7.42. The second kappa shape index (κ2) is 13.1. The second-order valence-electron chi connectivity index (χ2n) is 17.5. The molecule has 62 heavy (non-hydrogen) atoms. The van der Waals surface area contributed by atoms with Gasteiger partial charge in [-0.3, -0.25) is 0 Å². The maximum absolute atomic E-state index is 6.63. The van der Waals surface area contributed by atoms with Crippen LogP contribution in [0.3, 0.4) is 0 Å². The highest BCUT2D eigenvalue weighted by Crippen LogP contribution is 2.54. The number of fused-ring (bicyclic) bond motifs is 9. The predicted octanol–water partition coefficient (Wildman–Crippen LogP) is 17.0. The molecule has 0 saturated heterocycles. The molecule has 0 radical (unpaired) electrons. The third-order valence-corrected chi connectivity index (χ3v) is 13.9. The van der Waals surface area contributed by atoms with E-state index >= 15 is 0 Å². The molecular formula is C61H40O. The Labute approximate surface area is 361 Å². The fourth-order valence-corrected chi connectivity index (χ4v) is 10.9. The number of hydrogen-bond acceptors (Lipinski definition) is 1. The van der Waals surface area contributed by atoms with Gasteiger partial charge < -0.3 is 4.74 Å². The van der Waals surface area contributed by atoms with Gasteiger partial charge in [0.2, 0.25) is 0 Å². The molecule has 1 heteroatoms. The van der Waals surface area contributed by atoms with Crippen LogP contribution in [-0.2, 0) is 5.41 Å². The average molecular weight is 789 g/mol. The van der Waals surface area contributed by atoms with Crippen molar-refractivity contribution >= 4 is 43.1 Å². The molecule has 1 nitrogen and oxygen atoms in total. The van der Waals surface area contributed by atoms with Gasteiger partial charge in [-0.25, -0.2) is 0 Å². The van der Waals surface area contributed by atoms with Gasteiger partial charge in [0.05, 0.1) is 0 Å². The first-order valence-electron chi connectivity index (χ1n) is 21.7. The maximum Gasteiger partial charge on any atom is 0.135 e. The Morgan fingerprint density at radius 3 is 1.68 bits per heavy atom. The van der Waals surface area contributed by atoms with E-state index in [1.807, 2.05) is 0 Å². The normalized spacial score (nSPS) is 13.3. The zero-order valence-electron chi connectivity index (χ0n) is 34.5. The van der Waals surface area contributed by atoms with Gasteiger partial charge in [-0.15, -0.1) is 0 Å². The highest BCUT2D eigenvalue weighted by atomic mass is 16.5. The van der Waals surface area contributed by atoms with Crippen LogP contribution in [0.15, 0.2) is 206 Å². The van der Waals surface area contributed by atoms with Crippen molar-refractivity contribution in [2.75, 3.05) is 0 Å². The molecule has 0 unspecified atom stereocenters. The SMILES string of the molecule is CC1(C)c2cc(-c3ccc4c5c(cccc35)-c3cc(-c5ccccc5)ccc3O4)ccc2-c2ccc(-c3c4ccccc4c(-c4ccccc4)c4c3ccc3ccccc34)cc21. The lowest BCUT2D eigenvalue weighted by atomic mass is 9.79. The molecule has 0 spiro atoms. The molecule has 11 aromatic carbocycles. The molecular weight excluding hydrogens is 749 g/mol. The van der Waals surface area contributed by atoms with Crippen molar-refractivity contribution in [1.82, 2.24) is 0 Å². The van der Waals surface area contributed by atoms with E-state index in [0.29, 0.717) is 0 Å². The Balaban J connectivity index is 0.956. The van der Waals surface area contributed by atoms with E-state index in [9.17, 15) is 0 Å². The van der Waals surface area contributed by atoms with Crippen LogP contribution in [0.25, 0.3) is 110 Å². The van der Waals surface area contributed by atoms with E-state index in [0.717, 1.165) is 17.1 Å². The first-order valence-corrected chi connectivity index (χ1v) is 21.7. The van der Waals surface area contributed by atoms with Crippen LogP contribution in [0.5, 0.6) is 11.5 Å². The van der Waals surface area contributed by atoms with Gasteiger partial charge in [0.25, 0.3) is 0 Å². The minimum absolute atomic E-state index is 0.221. The first-order chi connectivity index (χ1) is 30.5. The van der Waals surface area contributed by atoms with Crippen LogP contribution >= 0.6 is 0 Å². The van der Waals surface area contributed by atoms with Gasteiger partial charge in [0, 0.05) is 16.4 Å². The fourth-order valence-electron chi connectivity index (χ4n) is 10.9. The lowest BCUT2D eigenvalue weighted by Gasteiger charge is -2.25. The van der Waals surface area contributed by atoms with E-state index in [4.69, 9.17) is 4.74 Å². The molecule has 0 N–H and O–H groups in total. The topological polar surface area (TPSA) is 9.23 Å². The van der Waals surface area contributed by atoms with Gasteiger partial charge in [-0.2, -0.15) is 0 Å². The maximum atomic E-state index is 6.63. The molecule has 11 aromatic rings. The highest BCUT2D eigenvalue weighted by Gasteiger charge is 2.36. The average Bonchev–Trinajstić information content (AvgIpc) is 3.55. The van der Waals surface area contributed by atoms with Crippen LogP contribution in [-0.4, -0.2) is 0 Å². The van der Waals surface area contributed by atoms with E-state index in [1.54, 1.807) is 0 Å². The number of benzene rings is 11. The Morgan fingerprint density at radius 2 is 0.903 bits per heavy atom. The van der Waals surface area contributed by atoms with E-state index in [-0.39, 0.29) is 5.41 Å². The first kappa shape index (κ1) is 35.1. The molecule has 13 rings (SSSR count). The molecule has 1 aliphatic carbocycles. The van der Waals surface area contributed by atoms with E-state index in [1.165, 1.54) is 115 Å². The van der Waals surface area contributed by atoms with Crippen molar-refractivity contribution in [3.8, 4) is 78.3 Å². The summed E-state index contributed by atoms with van der Waals surface area (Å²) in [5.41, 5.74) is 17.4. The quantitative estimate of drug-likeness (QED) is 0.127. The number of rotatable bonds is 4. The van der Waals surface area contributed by atoms with E-state index in [2.05, 4.69) is 220 Å². The molecule has 0 atom stereocenters. The lowest BCUT2D eigenvalue weighted by molar-refractivity contribution is 0.487. The molecule has 0 bridgehead atoms. The van der Waals surface area contributed by atoms with Crippen molar-refractivity contribution in [3.63, 3.8) is 0 Å². The molecule has 0 saturated carbocycles. The van der Waals surface area contributed by atoms with Crippen molar-refractivity contribution < 1.29 is 4.74 Å². The number of hydrogen-bond donors (Lipinski definition) is 0. The number of ether oxygens (including phenoxy) is 1. The molecule has 0 aromatic heterocycles. The standard InChI is InChI=1S/C61H40O/c1-61(2)53-35-41(43-31-33-56-59-47(43)22-13-23-50(59)52-34-40(27-32-55(52)62-56)37-14-5-3-6-15-37)25-28-45(53)46-29-26-42(36-54(46)61)57-48-20-11-12-21-49(48)58(39-17-7-4-8-18-39)60-44-19-10-9-16-38(44)24-30-51(57)60/h3-36H,1-2H3. The Morgan fingerprint density at radius 1 is 0.306 bits per heavy atom. The lowest BCUT2D eigenvalue weighted by Crippen LogP contribution is -2.15. The summed E-state index contributed by atoms with van der Waals surface area (Å²) in [5.74, 6) is 1.81. The van der Waals surface area contributed by atoms with Crippen molar-refractivity contribution in [2.45, 2.75) is 19.3 Å². The van der Waals surface area contributed by atoms with Gasteiger partial charge in [-0.05, 0) is 140 Å². The molecule has 0 fully saturated rings. The second-order valence-corrected chi connectivity index (χ2v) is 17.5. The van der Waals surface area contributed by atoms with Gasteiger partial charge in [-0.1, -0.05) is 190 Å². The summed E-state index contributed by atoms with van der Waals surface area (Å²) < 4.78 is 6.63. The molecule has 0 amide bonds. The molecule has 1 aliphatic heterocycles. The molecule has 1 heterocycles. The summed E-state index contributed by atoms with van der Waals surface area (Å²) in [6.07, 6.45) is 0. The van der Waals surface area contributed by atoms with Crippen LogP contribution in [0.4, 0.5) is 0 Å². The van der Waals surface area contributed by atoms with Crippen molar-refractivity contribution in [1.29, 1.82) is 0 Å². The minimum Gasteiger partial charge on any atom is -0.456 e. The van der Waals surface area contributed by atoms with Crippen LogP contribution in [0.1, 0.15) is 25.0 Å².